The summed E-state index contributed by atoms with van der Waals surface area (Å²) in [6, 6.07) is -0.643. The first-order valence-electron chi connectivity index (χ1n) is 8.52. The molecule has 1 atom stereocenters. The van der Waals surface area contributed by atoms with Gasteiger partial charge < -0.3 is 24.6 Å². The Kier molecular flexibility index (Phi) is 6.84. The van der Waals surface area contributed by atoms with Gasteiger partial charge in [0.25, 0.3) is 0 Å². The lowest BCUT2D eigenvalue weighted by Crippen LogP contribution is -2.48. The van der Waals surface area contributed by atoms with E-state index >= 15 is 0 Å². The molecule has 24 heavy (non-hydrogen) atoms. The second-order valence-electron chi connectivity index (χ2n) is 6.25. The number of hydrogen-bond donors (Lipinski definition) is 1. The van der Waals surface area contributed by atoms with Gasteiger partial charge in [-0.25, -0.2) is 4.79 Å². The van der Waals surface area contributed by atoms with Crippen LogP contribution in [0.2, 0.25) is 0 Å². The summed E-state index contributed by atoms with van der Waals surface area (Å²) < 4.78 is 9.82. The molecular weight excluding hydrogens is 314 g/mol. The Morgan fingerprint density at radius 1 is 1.08 bits per heavy atom. The normalized spacial score (nSPS) is 20.9. The molecule has 8 nitrogen and oxygen atoms in total. The van der Waals surface area contributed by atoms with Crippen LogP contribution < -0.4 is 5.32 Å². The highest BCUT2D eigenvalue weighted by molar-refractivity contribution is 5.85. The number of ether oxygens (including phenoxy) is 2. The topological polar surface area (TPSA) is 88.2 Å². The Balaban J connectivity index is 1.86. The lowest BCUT2D eigenvalue weighted by atomic mass is 9.98. The Morgan fingerprint density at radius 3 is 2.38 bits per heavy atom. The van der Waals surface area contributed by atoms with Crippen molar-refractivity contribution in [3.05, 3.63) is 0 Å². The minimum atomic E-state index is -0.643. The molecule has 0 aromatic rings. The highest BCUT2D eigenvalue weighted by Gasteiger charge is 2.30. The van der Waals surface area contributed by atoms with Crippen LogP contribution in [0.3, 0.4) is 0 Å². The van der Waals surface area contributed by atoms with Crippen molar-refractivity contribution >= 4 is 17.9 Å². The van der Waals surface area contributed by atoms with E-state index in [-0.39, 0.29) is 17.7 Å². The molecule has 2 aliphatic rings. The van der Waals surface area contributed by atoms with Crippen molar-refractivity contribution in [1.29, 1.82) is 0 Å². The Labute approximate surface area is 142 Å². The van der Waals surface area contributed by atoms with Crippen molar-refractivity contribution in [3.63, 3.8) is 0 Å². The van der Waals surface area contributed by atoms with Crippen LogP contribution in [0.4, 0.5) is 4.79 Å². The fourth-order valence-corrected chi connectivity index (χ4v) is 3.13. The van der Waals surface area contributed by atoms with E-state index in [0.29, 0.717) is 39.4 Å². The molecular formula is C16H27N3O5. The van der Waals surface area contributed by atoms with Crippen LogP contribution in [0.25, 0.3) is 0 Å². The van der Waals surface area contributed by atoms with Crippen molar-refractivity contribution in [3.8, 4) is 0 Å². The Bertz CT molecular complexity index is 465. The summed E-state index contributed by atoms with van der Waals surface area (Å²) in [4.78, 5) is 39.8. The Morgan fingerprint density at radius 2 is 1.71 bits per heavy atom. The van der Waals surface area contributed by atoms with Gasteiger partial charge in [0.05, 0.1) is 7.11 Å². The molecule has 0 radical (unpaired) electrons. The first-order chi connectivity index (χ1) is 11.5. The monoisotopic (exact) mass is 341 g/mol. The van der Waals surface area contributed by atoms with Gasteiger partial charge >= 0.3 is 6.09 Å². The fraction of sp³-hybridized carbons (Fsp3) is 0.812. The molecule has 136 valence electrons. The standard InChI is InChI=1S/C16H27N3O5/c1-12(17-16(22)23-2)14(20)18-6-3-7-19(9-8-18)15(21)13-4-10-24-11-5-13/h12-13H,3-11H2,1-2H3,(H,17,22). The number of alkyl carbamates (subject to hydrolysis) is 1. The molecule has 8 heteroatoms. The number of carbonyl (C=O) groups is 3. The summed E-state index contributed by atoms with van der Waals surface area (Å²) in [6.07, 6.45) is 1.67. The van der Waals surface area contributed by atoms with Gasteiger partial charge in [0.2, 0.25) is 11.8 Å². The third-order valence-electron chi connectivity index (χ3n) is 4.58. The van der Waals surface area contributed by atoms with Gasteiger partial charge in [0, 0.05) is 45.3 Å². The molecule has 0 saturated carbocycles. The summed E-state index contributed by atoms with van der Waals surface area (Å²) >= 11 is 0. The third kappa shape index (κ3) is 4.83. The van der Waals surface area contributed by atoms with Crippen LogP contribution >= 0.6 is 0 Å². The number of nitrogens with zero attached hydrogens (tertiary/aromatic N) is 2. The maximum Gasteiger partial charge on any atom is 0.407 e. The maximum atomic E-state index is 12.6. The van der Waals surface area contributed by atoms with Gasteiger partial charge in [-0.1, -0.05) is 0 Å². The number of methoxy groups -OCH3 is 1. The fourth-order valence-electron chi connectivity index (χ4n) is 3.13. The smallest absolute Gasteiger partial charge is 0.407 e. The van der Waals surface area contributed by atoms with Crippen molar-refractivity contribution in [2.24, 2.45) is 5.92 Å². The maximum absolute atomic E-state index is 12.6. The number of nitrogens with one attached hydrogen (secondary N) is 1. The molecule has 2 heterocycles. The molecule has 2 aliphatic heterocycles. The number of carbonyl (C=O) groups excluding carboxylic acids is 3. The molecule has 2 saturated heterocycles. The summed E-state index contributed by atoms with van der Waals surface area (Å²) in [5, 5.41) is 2.49. The van der Waals surface area contributed by atoms with Crippen LogP contribution in [-0.4, -0.2) is 80.3 Å². The highest BCUT2D eigenvalue weighted by atomic mass is 16.5. The molecule has 0 aromatic carbocycles. The first kappa shape index (κ1) is 18.5. The van der Waals surface area contributed by atoms with Crippen LogP contribution in [0.1, 0.15) is 26.2 Å². The predicted octanol–water partition coefficient (Wildman–Crippen LogP) is 0.218. The van der Waals surface area contributed by atoms with Gasteiger partial charge in [-0.3, -0.25) is 9.59 Å². The quantitative estimate of drug-likeness (QED) is 0.793. The van der Waals surface area contributed by atoms with E-state index in [1.807, 2.05) is 4.90 Å². The number of amides is 3. The van der Waals surface area contributed by atoms with Crippen LogP contribution in [-0.2, 0) is 19.1 Å². The largest absolute Gasteiger partial charge is 0.453 e. The molecule has 2 rings (SSSR count). The van der Waals surface area contributed by atoms with E-state index in [4.69, 9.17) is 4.74 Å². The second kappa shape index (κ2) is 8.86. The lowest BCUT2D eigenvalue weighted by molar-refractivity contribution is -0.139. The average molecular weight is 341 g/mol. The minimum Gasteiger partial charge on any atom is -0.453 e. The van der Waals surface area contributed by atoms with Gasteiger partial charge in [-0.05, 0) is 26.2 Å². The lowest BCUT2D eigenvalue weighted by Gasteiger charge is -2.29. The number of hydrogen-bond acceptors (Lipinski definition) is 5. The second-order valence-corrected chi connectivity index (χ2v) is 6.25. The van der Waals surface area contributed by atoms with E-state index in [2.05, 4.69) is 10.1 Å². The SMILES string of the molecule is COC(=O)NC(C)C(=O)N1CCCN(C(=O)C2CCOCC2)CC1. The molecule has 0 spiro atoms. The summed E-state index contributed by atoms with van der Waals surface area (Å²) in [5.74, 6) is 0.0648. The molecule has 2 fully saturated rings. The zero-order valence-corrected chi connectivity index (χ0v) is 14.5. The van der Waals surface area contributed by atoms with Crippen molar-refractivity contribution in [1.82, 2.24) is 15.1 Å². The van der Waals surface area contributed by atoms with Gasteiger partial charge in [0.1, 0.15) is 6.04 Å². The summed E-state index contributed by atoms with van der Waals surface area (Å²) in [6.45, 7) is 5.20. The Hall–Kier alpha value is -1.83. The molecule has 0 aromatic heterocycles. The molecule has 1 unspecified atom stereocenters. The zero-order valence-electron chi connectivity index (χ0n) is 14.5. The van der Waals surface area contributed by atoms with Crippen LogP contribution in [0.15, 0.2) is 0 Å². The van der Waals surface area contributed by atoms with Crippen molar-refractivity contribution in [2.45, 2.75) is 32.2 Å². The van der Waals surface area contributed by atoms with E-state index in [1.165, 1.54) is 7.11 Å². The van der Waals surface area contributed by atoms with E-state index in [0.717, 1.165) is 19.3 Å². The molecule has 3 amide bonds. The van der Waals surface area contributed by atoms with E-state index in [1.54, 1.807) is 11.8 Å². The van der Waals surface area contributed by atoms with E-state index < -0.39 is 12.1 Å². The van der Waals surface area contributed by atoms with Crippen LogP contribution in [0, 0.1) is 5.92 Å². The van der Waals surface area contributed by atoms with Crippen LogP contribution in [0.5, 0.6) is 0 Å². The van der Waals surface area contributed by atoms with Gasteiger partial charge in [-0.15, -0.1) is 0 Å². The summed E-state index contributed by atoms with van der Waals surface area (Å²) in [7, 11) is 1.26. The van der Waals surface area contributed by atoms with Crippen molar-refractivity contribution in [2.75, 3.05) is 46.5 Å². The molecule has 1 N–H and O–H groups in total. The molecule has 0 bridgehead atoms. The number of rotatable bonds is 3. The minimum absolute atomic E-state index is 0.0425. The van der Waals surface area contributed by atoms with Gasteiger partial charge in [0.15, 0.2) is 0 Å². The van der Waals surface area contributed by atoms with E-state index in [9.17, 15) is 14.4 Å². The van der Waals surface area contributed by atoms with Crippen molar-refractivity contribution < 1.29 is 23.9 Å². The zero-order chi connectivity index (χ0) is 17.5. The molecule has 0 aliphatic carbocycles. The summed E-state index contributed by atoms with van der Waals surface area (Å²) in [5.41, 5.74) is 0. The first-order valence-corrected chi connectivity index (χ1v) is 8.52. The third-order valence-corrected chi connectivity index (χ3v) is 4.58. The predicted molar refractivity (Wildman–Crippen MR) is 86.3 cm³/mol. The average Bonchev–Trinajstić information content (AvgIpc) is 2.87. The van der Waals surface area contributed by atoms with Gasteiger partial charge in [-0.2, -0.15) is 0 Å². The highest BCUT2D eigenvalue weighted by Crippen LogP contribution is 2.18.